The highest BCUT2D eigenvalue weighted by atomic mass is 17.1. The van der Waals surface area contributed by atoms with E-state index in [1.165, 1.54) is 6.07 Å². The summed E-state index contributed by atoms with van der Waals surface area (Å²) >= 11 is 0. The third kappa shape index (κ3) is 4.82. The quantitative estimate of drug-likeness (QED) is 0.323. The zero-order chi connectivity index (χ0) is 19.3. The smallest absolute Gasteiger partial charge is 0.339 e. The van der Waals surface area contributed by atoms with Crippen LogP contribution in [0.1, 0.15) is 25.8 Å². The maximum absolute atomic E-state index is 11.7. The molecule has 0 aliphatic rings. The van der Waals surface area contributed by atoms with E-state index >= 15 is 0 Å². The number of aliphatic hydroxyl groups is 1. The molecule has 140 valence electrons. The summed E-state index contributed by atoms with van der Waals surface area (Å²) in [4.78, 5) is 16.0. The van der Waals surface area contributed by atoms with E-state index in [9.17, 15) is 9.90 Å². The largest absolute Gasteiger partial charge is 0.488 e. The second-order valence-corrected chi connectivity index (χ2v) is 6.33. The maximum atomic E-state index is 11.7. The Labute approximate surface area is 151 Å². The highest BCUT2D eigenvalue weighted by molar-refractivity contribution is 5.86. The van der Waals surface area contributed by atoms with Gasteiger partial charge in [-0.1, -0.05) is 18.7 Å². The molecule has 2 rings (SSSR count). The van der Waals surface area contributed by atoms with Gasteiger partial charge >= 0.3 is 5.63 Å². The Bertz CT molecular complexity index is 864. The maximum Gasteiger partial charge on any atom is 0.339 e. The fraction of sp³-hybridized carbons (Fsp3) is 0.350. The van der Waals surface area contributed by atoms with Crippen molar-refractivity contribution >= 4 is 11.0 Å². The summed E-state index contributed by atoms with van der Waals surface area (Å²) in [6.45, 7) is 9.26. The minimum absolute atomic E-state index is 0.174. The molecule has 0 aliphatic carbocycles. The third-order valence-corrected chi connectivity index (χ3v) is 4.22. The molecule has 0 aliphatic heterocycles. The number of aliphatic hydroxyl groups excluding tert-OH is 1. The van der Waals surface area contributed by atoms with Gasteiger partial charge in [0, 0.05) is 6.42 Å². The minimum atomic E-state index is -0.813. The van der Waals surface area contributed by atoms with Crippen molar-refractivity contribution < 1.29 is 24.4 Å². The average Bonchev–Trinajstić information content (AvgIpc) is 2.58. The van der Waals surface area contributed by atoms with Crippen LogP contribution in [0.15, 0.2) is 57.3 Å². The summed E-state index contributed by atoms with van der Waals surface area (Å²) in [5, 5.41) is 19.8. The fourth-order valence-electron chi connectivity index (χ4n) is 2.59. The van der Waals surface area contributed by atoms with Gasteiger partial charge in [0.15, 0.2) is 0 Å². The summed E-state index contributed by atoms with van der Waals surface area (Å²) in [5.74, 6) is 0.436. The lowest BCUT2D eigenvalue weighted by Gasteiger charge is -2.18. The van der Waals surface area contributed by atoms with E-state index in [-0.39, 0.29) is 13.0 Å². The van der Waals surface area contributed by atoms with Crippen LogP contribution in [0.25, 0.3) is 11.0 Å². The highest BCUT2D eigenvalue weighted by Crippen LogP contribution is 2.27. The molecular formula is C20H24O6. The van der Waals surface area contributed by atoms with Crippen molar-refractivity contribution in [2.75, 3.05) is 6.61 Å². The van der Waals surface area contributed by atoms with Crippen molar-refractivity contribution in [3.05, 3.63) is 64.1 Å². The molecule has 26 heavy (non-hydrogen) atoms. The monoisotopic (exact) mass is 360 g/mol. The van der Waals surface area contributed by atoms with Crippen LogP contribution in [0.4, 0.5) is 0 Å². The van der Waals surface area contributed by atoms with E-state index in [1.54, 1.807) is 26.0 Å². The number of hydrogen-bond donors (Lipinski definition) is 2. The molecule has 1 aromatic heterocycles. The number of benzene rings is 1. The summed E-state index contributed by atoms with van der Waals surface area (Å²) < 4.78 is 10.9. The van der Waals surface area contributed by atoms with Gasteiger partial charge in [-0.2, -0.15) is 0 Å². The first-order valence-corrected chi connectivity index (χ1v) is 8.30. The topological polar surface area (TPSA) is 89.1 Å². The van der Waals surface area contributed by atoms with Crippen LogP contribution in [0.5, 0.6) is 5.75 Å². The predicted octanol–water partition coefficient (Wildman–Crippen LogP) is 3.61. The van der Waals surface area contributed by atoms with Crippen LogP contribution in [0.3, 0.4) is 0 Å². The SMILES string of the molecule is C=C(C)C(CC(O)C(C)=CCOc1cc(=O)oc2cccc(C)c12)OO. The van der Waals surface area contributed by atoms with Gasteiger partial charge in [-0.15, -0.1) is 0 Å². The molecule has 6 heteroatoms. The highest BCUT2D eigenvalue weighted by Gasteiger charge is 2.17. The molecule has 2 aromatic rings. The number of ether oxygens (including phenoxy) is 1. The third-order valence-electron chi connectivity index (χ3n) is 4.22. The van der Waals surface area contributed by atoms with Crippen LogP contribution >= 0.6 is 0 Å². The van der Waals surface area contributed by atoms with Crippen LogP contribution < -0.4 is 10.4 Å². The van der Waals surface area contributed by atoms with E-state index in [0.717, 1.165) is 10.9 Å². The van der Waals surface area contributed by atoms with Gasteiger partial charge in [-0.25, -0.2) is 9.68 Å². The average molecular weight is 360 g/mol. The molecule has 2 N–H and O–H groups in total. The molecule has 0 spiro atoms. The second kappa shape index (κ2) is 8.80. The number of rotatable bonds is 8. The van der Waals surface area contributed by atoms with Crippen LogP contribution in [0.2, 0.25) is 0 Å². The van der Waals surface area contributed by atoms with Crippen molar-refractivity contribution in [3.63, 3.8) is 0 Å². The first-order valence-electron chi connectivity index (χ1n) is 8.30. The summed E-state index contributed by atoms with van der Waals surface area (Å²) in [5.41, 5.74) is 2.21. The summed E-state index contributed by atoms with van der Waals surface area (Å²) in [6.07, 6.45) is 0.452. The van der Waals surface area contributed by atoms with E-state index in [2.05, 4.69) is 11.5 Å². The summed E-state index contributed by atoms with van der Waals surface area (Å²) in [7, 11) is 0. The van der Waals surface area contributed by atoms with E-state index in [1.807, 2.05) is 19.1 Å². The molecule has 6 nitrogen and oxygen atoms in total. The molecular weight excluding hydrogens is 336 g/mol. The first-order chi connectivity index (χ1) is 12.3. The summed E-state index contributed by atoms with van der Waals surface area (Å²) in [6, 6.07) is 6.75. The lowest BCUT2D eigenvalue weighted by molar-refractivity contribution is -0.272. The Morgan fingerprint density at radius 3 is 2.77 bits per heavy atom. The van der Waals surface area contributed by atoms with Gasteiger partial charge in [0.1, 0.15) is 24.0 Å². The van der Waals surface area contributed by atoms with E-state index in [0.29, 0.717) is 22.5 Å². The van der Waals surface area contributed by atoms with Crippen molar-refractivity contribution in [1.29, 1.82) is 0 Å². The van der Waals surface area contributed by atoms with Gasteiger partial charge in [0.2, 0.25) is 0 Å². The second-order valence-electron chi connectivity index (χ2n) is 6.33. The Morgan fingerprint density at radius 2 is 2.12 bits per heavy atom. The van der Waals surface area contributed by atoms with Crippen LogP contribution in [-0.2, 0) is 4.89 Å². The lowest BCUT2D eigenvalue weighted by Crippen LogP contribution is -2.21. The van der Waals surface area contributed by atoms with Gasteiger partial charge in [0.25, 0.3) is 0 Å². The molecule has 0 fully saturated rings. The number of fused-ring (bicyclic) bond motifs is 1. The molecule has 1 heterocycles. The fourth-order valence-corrected chi connectivity index (χ4v) is 2.59. The Morgan fingerprint density at radius 1 is 1.38 bits per heavy atom. The molecule has 0 bridgehead atoms. The zero-order valence-electron chi connectivity index (χ0n) is 15.2. The molecule has 2 atom stereocenters. The first kappa shape index (κ1) is 19.9. The van der Waals surface area contributed by atoms with Gasteiger partial charge < -0.3 is 14.3 Å². The number of hydrogen-bond acceptors (Lipinski definition) is 6. The minimum Gasteiger partial charge on any atom is -0.488 e. The molecule has 1 aromatic carbocycles. The number of aryl methyl sites for hydroxylation is 1. The van der Waals surface area contributed by atoms with Crippen LogP contribution in [-0.4, -0.2) is 29.2 Å². The Hall–Kier alpha value is -2.41. The molecule has 0 saturated heterocycles. The molecule has 0 saturated carbocycles. The van der Waals surface area contributed by atoms with Gasteiger partial charge in [-0.3, -0.25) is 5.26 Å². The lowest BCUT2D eigenvalue weighted by atomic mass is 10.0. The van der Waals surface area contributed by atoms with Crippen molar-refractivity contribution in [3.8, 4) is 5.75 Å². The standard InChI is InChI=1S/C20H24O6/c1-12(2)17(26-23)10-15(21)13(3)8-9-24-18-11-19(22)25-16-7-5-6-14(4)20(16)18/h5-8,11,15,17,21,23H,1,9-10H2,2-4H3. The Balaban J connectivity index is 2.11. The van der Waals surface area contributed by atoms with E-state index in [4.69, 9.17) is 14.4 Å². The zero-order valence-corrected chi connectivity index (χ0v) is 15.2. The molecule has 0 radical (unpaired) electrons. The Kier molecular flexibility index (Phi) is 6.74. The molecule has 2 unspecified atom stereocenters. The van der Waals surface area contributed by atoms with E-state index < -0.39 is 17.8 Å². The van der Waals surface area contributed by atoms with Gasteiger partial charge in [0.05, 0.1) is 17.6 Å². The molecule has 0 amide bonds. The van der Waals surface area contributed by atoms with Gasteiger partial charge in [-0.05, 0) is 49.6 Å². The normalized spacial score (nSPS) is 14.3. The van der Waals surface area contributed by atoms with Crippen molar-refractivity contribution in [2.45, 2.75) is 39.4 Å². The van der Waals surface area contributed by atoms with Crippen molar-refractivity contribution in [2.24, 2.45) is 0 Å². The van der Waals surface area contributed by atoms with Crippen LogP contribution in [0, 0.1) is 6.92 Å². The predicted molar refractivity (Wildman–Crippen MR) is 99.4 cm³/mol. The van der Waals surface area contributed by atoms with Crippen molar-refractivity contribution in [1.82, 2.24) is 0 Å².